The Morgan fingerprint density at radius 1 is 0.673 bits per heavy atom. The fraction of sp³-hybridized carbons (Fsp3) is 0.318. The molecule has 8 heteroatoms. The van der Waals surface area contributed by atoms with Gasteiger partial charge in [-0.25, -0.2) is 4.98 Å². The van der Waals surface area contributed by atoms with Crippen LogP contribution in [0.15, 0.2) is 115 Å². The standard InChI is InChI=1S/C44H43N5O3/c50-40(33-21-27-48(29-33)41(51)43(22-23-43)34-8-3-1-4-9-34)46-36-19-17-31(18-20-36)30-13-15-32(16-14-30)37-28-45-39(47-37)38-12-7-26-49(38)42(52)44(24-25-44)35-10-5-2-6-11-35/h1-6,8-11,13-20,28,33,38H,7,12,21-27,29H2,(H,45,47)(H,46,50)/t33-,38-/m0/s1. The molecule has 4 aromatic carbocycles. The molecule has 4 aliphatic rings. The summed E-state index contributed by atoms with van der Waals surface area (Å²) in [5.41, 5.74) is 6.28. The first-order chi connectivity index (χ1) is 25.4. The largest absolute Gasteiger partial charge is 0.341 e. The van der Waals surface area contributed by atoms with Gasteiger partial charge in [0.25, 0.3) is 0 Å². The summed E-state index contributed by atoms with van der Waals surface area (Å²) in [4.78, 5) is 52.8. The maximum atomic E-state index is 13.9. The van der Waals surface area contributed by atoms with Crippen LogP contribution < -0.4 is 5.32 Å². The molecule has 3 heterocycles. The summed E-state index contributed by atoms with van der Waals surface area (Å²) in [6, 6.07) is 36.5. The van der Waals surface area contributed by atoms with Gasteiger partial charge in [-0.2, -0.15) is 0 Å². The van der Waals surface area contributed by atoms with E-state index in [0.29, 0.717) is 19.5 Å². The number of aromatic amines is 1. The van der Waals surface area contributed by atoms with E-state index in [1.807, 2.05) is 83.9 Å². The fourth-order valence-electron chi connectivity index (χ4n) is 8.53. The predicted octanol–water partition coefficient (Wildman–Crippen LogP) is 7.66. The Bertz CT molecular complexity index is 2100. The Labute approximate surface area is 304 Å². The predicted molar refractivity (Wildman–Crippen MR) is 201 cm³/mol. The number of nitrogens with one attached hydrogen (secondary N) is 2. The molecule has 8 nitrogen and oxygen atoms in total. The molecule has 5 aromatic rings. The first-order valence-electron chi connectivity index (χ1n) is 18.7. The van der Waals surface area contributed by atoms with Crippen LogP contribution in [-0.4, -0.2) is 57.1 Å². The zero-order valence-electron chi connectivity index (χ0n) is 29.3. The molecule has 2 saturated carbocycles. The molecule has 0 bridgehead atoms. The number of hydrogen-bond acceptors (Lipinski definition) is 4. The second kappa shape index (κ2) is 12.9. The molecule has 0 unspecified atom stereocenters. The van der Waals surface area contributed by atoms with E-state index in [9.17, 15) is 14.4 Å². The van der Waals surface area contributed by atoms with Gasteiger partial charge in [-0.3, -0.25) is 14.4 Å². The summed E-state index contributed by atoms with van der Waals surface area (Å²) in [6.07, 6.45) is 8.01. The number of anilines is 1. The fourth-order valence-corrected chi connectivity index (χ4v) is 8.53. The van der Waals surface area contributed by atoms with Crippen LogP contribution >= 0.6 is 0 Å². The second-order valence-corrected chi connectivity index (χ2v) is 15.1. The Kier molecular flexibility index (Phi) is 8.05. The molecule has 2 saturated heterocycles. The highest BCUT2D eigenvalue weighted by Gasteiger charge is 2.55. The van der Waals surface area contributed by atoms with Crippen LogP contribution in [0.3, 0.4) is 0 Å². The number of likely N-dealkylation sites (tertiary alicyclic amines) is 2. The lowest BCUT2D eigenvalue weighted by atomic mass is 9.94. The molecule has 2 aliphatic carbocycles. The van der Waals surface area contributed by atoms with Gasteiger partial charge in [0.05, 0.1) is 34.7 Å². The van der Waals surface area contributed by atoms with E-state index in [0.717, 1.165) is 90.1 Å². The van der Waals surface area contributed by atoms with Gasteiger partial charge in [0, 0.05) is 25.3 Å². The van der Waals surface area contributed by atoms with Crippen LogP contribution in [0.2, 0.25) is 0 Å². The second-order valence-electron chi connectivity index (χ2n) is 15.1. The van der Waals surface area contributed by atoms with Gasteiger partial charge >= 0.3 is 0 Å². The number of carbonyl (C=O) groups excluding carboxylic acids is 3. The maximum absolute atomic E-state index is 13.9. The monoisotopic (exact) mass is 689 g/mol. The quantitative estimate of drug-likeness (QED) is 0.166. The minimum absolute atomic E-state index is 0.0368. The Morgan fingerprint density at radius 3 is 1.87 bits per heavy atom. The Hall–Kier alpha value is -5.50. The number of hydrogen-bond donors (Lipinski definition) is 2. The van der Waals surface area contributed by atoms with Crippen molar-refractivity contribution in [3.8, 4) is 22.4 Å². The lowest BCUT2D eigenvalue weighted by molar-refractivity contribution is -0.135. The molecule has 2 aliphatic heterocycles. The smallest absolute Gasteiger partial charge is 0.233 e. The number of carbonyl (C=O) groups is 3. The van der Waals surface area contributed by atoms with E-state index in [2.05, 4.69) is 51.6 Å². The summed E-state index contributed by atoms with van der Waals surface area (Å²) >= 11 is 0. The van der Waals surface area contributed by atoms with Crippen LogP contribution in [0.4, 0.5) is 5.69 Å². The van der Waals surface area contributed by atoms with Crippen molar-refractivity contribution in [2.75, 3.05) is 25.0 Å². The molecule has 0 radical (unpaired) electrons. The number of H-pyrrole nitrogens is 1. The van der Waals surface area contributed by atoms with E-state index in [1.165, 1.54) is 0 Å². The third-order valence-electron chi connectivity index (χ3n) is 11.9. The van der Waals surface area contributed by atoms with Crippen molar-refractivity contribution in [2.45, 2.75) is 61.8 Å². The molecule has 0 spiro atoms. The van der Waals surface area contributed by atoms with Crippen molar-refractivity contribution in [3.05, 3.63) is 132 Å². The number of amides is 3. The number of nitrogens with zero attached hydrogens (tertiary/aromatic N) is 3. The molecule has 2 N–H and O–H groups in total. The first kappa shape index (κ1) is 32.4. The minimum Gasteiger partial charge on any atom is -0.341 e. The summed E-state index contributed by atoms with van der Waals surface area (Å²) < 4.78 is 0. The summed E-state index contributed by atoms with van der Waals surface area (Å²) in [5.74, 6) is 0.991. The normalized spacial score (nSPS) is 21.2. The van der Waals surface area contributed by atoms with Crippen molar-refractivity contribution in [1.29, 1.82) is 0 Å². The summed E-state index contributed by atoms with van der Waals surface area (Å²) in [5, 5.41) is 3.08. The number of imidazole rings is 1. The third-order valence-corrected chi connectivity index (χ3v) is 11.9. The number of aromatic nitrogens is 2. The summed E-state index contributed by atoms with van der Waals surface area (Å²) in [7, 11) is 0. The van der Waals surface area contributed by atoms with Gasteiger partial charge in [-0.05, 0) is 84.9 Å². The van der Waals surface area contributed by atoms with Gasteiger partial charge in [0.2, 0.25) is 17.7 Å². The van der Waals surface area contributed by atoms with Crippen LogP contribution in [0.25, 0.3) is 22.4 Å². The Balaban J connectivity index is 0.811. The van der Waals surface area contributed by atoms with E-state index < -0.39 is 5.41 Å². The van der Waals surface area contributed by atoms with Crippen LogP contribution in [0, 0.1) is 5.92 Å². The molecule has 9 rings (SSSR count). The molecule has 1 aromatic heterocycles. The van der Waals surface area contributed by atoms with Crippen molar-refractivity contribution >= 4 is 23.4 Å². The molecule has 262 valence electrons. The molecular weight excluding hydrogens is 647 g/mol. The van der Waals surface area contributed by atoms with E-state index in [4.69, 9.17) is 4.98 Å². The van der Waals surface area contributed by atoms with Crippen molar-refractivity contribution < 1.29 is 14.4 Å². The molecule has 2 atom stereocenters. The van der Waals surface area contributed by atoms with Gasteiger partial charge in [-0.1, -0.05) is 97.1 Å². The number of benzene rings is 4. The molecule has 52 heavy (non-hydrogen) atoms. The third kappa shape index (κ3) is 5.80. The van der Waals surface area contributed by atoms with E-state index in [-0.39, 0.29) is 35.1 Å². The van der Waals surface area contributed by atoms with Crippen molar-refractivity contribution in [3.63, 3.8) is 0 Å². The van der Waals surface area contributed by atoms with Crippen LogP contribution in [0.1, 0.15) is 67.9 Å². The van der Waals surface area contributed by atoms with Gasteiger partial charge in [0.15, 0.2) is 0 Å². The first-order valence-corrected chi connectivity index (χ1v) is 18.7. The lowest BCUT2D eigenvalue weighted by Crippen LogP contribution is -2.39. The topological polar surface area (TPSA) is 98.4 Å². The SMILES string of the molecule is O=C(Nc1ccc(-c2ccc(-c3cnc([C@@H]4CCCN4C(=O)C4(c5ccccc5)CC4)[nH]3)cc2)cc1)[C@H]1CCN(C(=O)C2(c3ccccc3)CC2)C1. The zero-order chi connectivity index (χ0) is 35.3. The van der Waals surface area contributed by atoms with Crippen LogP contribution in [-0.2, 0) is 25.2 Å². The highest BCUT2D eigenvalue weighted by atomic mass is 16.2. The molecule has 4 fully saturated rings. The highest BCUT2D eigenvalue weighted by Crippen LogP contribution is 2.52. The average molecular weight is 690 g/mol. The molecular formula is C44H43N5O3. The average Bonchev–Trinajstić information content (AvgIpc) is 3.97. The zero-order valence-corrected chi connectivity index (χ0v) is 29.3. The lowest BCUT2D eigenvalue weighted by Gasteiger charge is -2.28. The van der Waals surface area contributed by atoms with Gasteiger partial charge in [-0.15, -0.1) is 0 Å². The minimum atomic E-state index is -0.400. The van der Waals surface area contributed by atoms with Crippen molar-refractivity contribution in [1.82, 2.24) is 19.8 Å². The van der Waals surface area contributed by atoms with Gasteiger partial charge < -0.3 is 20.1 Å². The molecule has 3 amide bonds. The van der Waals surface area contributed by atoms with E-state index >= 15 is 0 Å². The van der Waals surface area contributed by atoms with Gasteiger partial charge in [0.1, 0.15) is 5.82 Å². The van der Waals surface area contributed by atoms with Crippen LogP contribution in [0.5, 0.6) is 0 Å². The highest BCUT2D eigenvalue weighted by molar-refractivity contribution is 5.96. The summed E-state index contributed by atoms with van der Waals surface area (Å²) in [6.45, 7) is 1.85. The Morgan fingerprint density at radius 2 is 1.25 bits per heavy atom. The van der Waals surface area contributed by atoms with E-state index in [1.54, 1.807) is 0 Å². The van der Waals surface area contributed by atoms with Crippen molar-refractivity contribution in [2.24, 2.45) is 5.92 Å². The maximum Gasteiger partial charge on any atom is 0.233 e. The number of rotatable bonds is 9.